The van der Waals surface area contributed by atoms with Gasteiger partial charge in [-0.3, -0.25) is 4.79 Å². The SMILES string of the molecule is CCC1CCNC(C(=O)Nc2cc(Br)cc(OC)c2)C1. The number of hydrogen-bond acceptors (Lipinski definition) is 3. The van der Waals surface area contributed by atoms with Crippen LogP contribution in [0.1, 0.15) is 26.2 Å². The minimum Gasteiger partial charge on any atom is -0.497 e. The molecule has 0 saturated carbocycles. The van der Waals surface area contributed by atoms with Gasteiger partial charge in [0.15, 0.2) is 0 Å². The molecule has 2 N–H and O–H groups in total. The molecule has 0 aromatic heterocycles. The molecule has 0 radical (unpaired) electrons. The molecule has 1 aliphatic rings. The largest absolute Gasteiger partial charge is 0.497 e. The number of halogens is 1. The summed E-state index contributed by atoms with van der Waals surface area (Å²) in [6.07, 6.45) is 3.20. The second-order valence-corrected chi connectivity index (χ2v) is 6.09. The molecule has 1 fully saturated rings. The smallest absolute Gasteiger partial charge is 0.241 e. The third kappa shape index (κ3) is 3.96. The van der Waals surface area contributed by atoms with Gasteiger partial charge in [-0.1, -0.05) is 29.3 Å². The summed E-state index contributed by atoms with van der Waals surface area (Å²) in [5.41, 5.74) is 0.752. The molecule has 110 valence electrons. The van der Waals surface area contributed by atoms with E-state index in [9.17, 15) is 4.79 Å². The van der Waals surface area contributed by atoms with E-state index in [1.165, 1.54) is 0 Å². The lowest BCUT2D eigenvalue weighted by Gasteiger charge is -2.28. The topological polar surface area (TPSA) is 50.4 Å². The molecule has 20 heavy (non-hydrogen) atoms. The molecular formula is C15H21BrN2O2. The molecular weight excluding hydrogens is 320 g/mol. The monoisotopic (exact) mass is 340 g/mol. The van der Waals surface area contributed by atoms with Crippen molar-refractivity contribution in [3.05, 3.63) is 22.7 Å². The molecule has 2 atom stereocenters. The molecule has 0 aliphatic carbocycles. The van der Waals surface area contributed by atoms with Crippen LogP contribution in [0.2, 0.25) is 0 Å². The maximum absolute atomic E-state index is 12.3. The van der Waals surface area contributed by atoms with Crippen molar-refractivity contribution in [2.75, 3.05) is 19.0 Å². The number of anilines is 1. The summed E-state index contributed by atoms with van der Waals surface area (Å²) in [4.78, 5) is 12.3. The molecule has 2 rings (SSSR count). The van der Waals surface area contributed by atoms with Crippen LogP contribution in [0.5, 0.6) is 5.75 Å². The zero-order chi connectivity index (χ0) is 14.5. The summed E-state index contributed by atoms with van der Waals surface area (Å²) < 4.78 is 6.08. The summed E-state index contributed by atoms with van der Waals surface area (Å²) in [6, 6.07) is 5.46. The molecule has 1 saturated heterocycles. The normalized spacial score (nSPS) is 22.4. The number of carbonyl (C=O) groups is 1. The summed E-state index contributed by atoms with van der Waals surface area (Å²) in [5, 5.41) is 6.25. The lowest BCUT2D eigenvalue weighted by atomic mass is 9.90. The third-order valence-corrected chi connectivity index (χ3v) is 4.24. The van der Waals surface area contributed by atoms with Crippen LogP contribution in [0.4, 0.5) is 5.69 Å². The number of hydrogen-bond donors (Lipinski definition) is 2. The predicted molar refractivity (Wildman–Crippen MR) is 84.1 cm³/mol. The molecule has 1 aromatic carbocycles. The summed E-state index contributed by atoms with van der Waals surface area (Å²) in [5.74, 6) is 1.39. The highest BCUT2D eigenvalue weighted by Crippen LogP contribution is 2.25. The van der Waals surface area contributed by atoms with E-state index in [0.29, 0.717) is 5.92 Å². The molecule has 5 heteroatoms. The van der Waals surface area contributed by atoms with E-state index in [-0.39, 0.29) is 11.9 Å². The minimum atomic E-state index is -0.0984. The molecule has 0 bridgehead atoms. The Hall–Kier alpha value is -1.07. The first-order valence-corrected chi connectivity index (χ1v) is 7.80. The first kappa shape index (κ1) is 15.3. The summed E-state index contributed by atoms with van der Waals surface area (Å²) >= 11 is 3.41. The van der Waals surface area contributed by atoms with E-state index in [4.69, 9.17) is 4.74 Å². The van der Waals surface area contributed by atoms with Crippen molar-refractivity contribution in [1.29, 1.82) is 0 Å². The number of carbonyl (C=O) groups excluding carboxylic acids is 1. The van der Waals surface area contributed by atoms with Crippen LogP contribution < -0.4 is 15.4 Å². The Balaban J connectivity index is 2.02. The number of rotatable bonds is 4. The van der Waals surface area contributed by atoms with Crippen molar-refractivity contribution in [3.8, 4) is 5.75 Å². The van der Waals surface area contributed by atoms with Crippen LogP contribution in [-0.4, -0.2) is 25.6 Å². The van der Waals surface area contributed by atoms with Crippen molar-refractivity contribution >= 4 is 27.5 Å². The van der Waals surface area contributed by atoms with Crippen molar-refractivity contribution in [3.63, 3.8) is 0 Å². The lowest BCUT2D eigenvalue weighted by Crippen LogP contribution is -2.46. The Labute approximate surface area is 128 Å². The second kappa shape index (κ2) is 7.09. The number of ether oxygens (including phenoxy) is 1. The zero-order valence-electron chi connectivity index (χ0n) is 11.9. The van der Waals surface area contributed by atoms with Crippen LogP contribution >= 0.6 is 15.9 Å². The Kier molecular flexibility index (Phi) is 5.43. The summed E-state index contributed by atoms with van der Waals surface area (Å²) in [7, 11) is 1.61. The number of benzene rings is 1. The quantitative estimate of drug-likeness (QED) is 0.884. The molecule has 4 nitrogen and oxygen atoms in total. The maximum Gasteiger partial charge on any atom is 0.241 e. The Morgan fingerprint density at radius 1 is 1.50 bits per heavy atom. The number of piperidine rings is 1. The van der Waals surface area contributed by atoms with Crippen molar-refractivity contribution in [2.45, 2.75) is 32.2 Å². The van der Waals surface area contributed by atoms with Crippen LogP contribution in [0.3, 0.4) is 0 Å². The molecule has 1 amide bonds. The highest BCUT2D eigenvalue weighted by atomic mass is 79.9. The average molecular weight is 341 g/mol. The highest BCUT2D eigenvalue weighted by Gasteiger charge is 2.25. The summed E-state index contributed by atoms with van der Waals surface area (Å²) in [6.45, 7) is 3.10. The van der Waals surface area contributed by atoms with E-state index in [0.717, 1.165) is 41.7 Å². The van der Waals surface area contributed by atoms with E-state index >= 15 is 0 Å². The Bertz CT molecular complexity index is 479. The van der Waals surface area contributed by atoms with Gasteiger partial charge in [0.25, 0.3) is 0 Å². The molecule has 1 aliphatic heterocycles. The van der Waals surface area contributed by atoms with Crippen molar-refractivity contribution in [1.82, 2.24) is 5.32 Å². The molecule has 1 aromatic rings. The fourth-order valence-electron chi connectivity index (χ4n) is 2.55. The number of amides is 1. The maximum atomic E-state index is 12.3. The van der Waals surface area contributed by atoms with Crippen LogP contribution in [0, 0.1) is 5.92 Å². The molecule has 2 unspecified atom stereocenters. The van der Waals surface area contributed by atoms with Gasteiger partial charge in [0, 0.05) is 16.2 Å². The predicted octanol–water partition coefficient (Wildman–Crippen LogP) is 3.17. The van der Waals surface area contributed by atoms with Gasteiger partial charge >= 0.3 is 0 Å². The Morgan fingerprint density at radius 3 is 3.00 bits per heavy atom. The first-order valence-electron chi connectivity index (χ1n) is 7.01. The van der Waals surface area contributed by atoms with E-state index in [1.807, 2.05) is 18.2 Å². The molecule has 1 heterocycles. The Morgan fingerprint density at radius 2 is 2.30 bits per heavy atom. The van der Waals surface area contributed by atoms with Gasteiger partial charge in [-0.15, -0.1) is 0 Å². The standard InChI is InChI=1S/C15H21BrN2O2/c1-3-10-4-5-17-14(6-10)15(19)18-12-7-11(16)8-13(9-12)20-2/h7-10,14,17H,3-6H2,1-2H3,(H,18,19). The van der Waals surface area contributed by atoms with E-state index < -0.39 is 0 Å². The van der Waals surface area contributed by atoms with Gasteiger partial charge in [0.05, 0.1) is 13.2 Å². The van der Waals surface area contributed by atoms with Gasteiger partial charge in [-0.2, -0.15) is 0 Å². The second-order valence-electron chi connectivity index (χ2n) is 5.17. The van der Waals surface area contributed by atoms with Crippen molar-refractivity contribution < 1.29 is 9.53 Å². The minimum absolute atomic E-state index is 0.0308. The van der Waals surface area contributed by atoms with Crippen molar-refractivity contribution in [2.24, 2.45) is 5.92 Å². The van der Waals surface area contributed by atoms with Gasteiger partial charge in [-0.05, 0) is 37.4 Å². The lowest BCUT2D eigenvalue weighted by molar-refractivity contribution is -0.119. The fraction of sp³-hybridized carbons (Fsp3) is 0.533. The van der Waals surface area contributed by atoms with Gasteiger partial charge < -0.3 is 15.4 Å². The zero-order valence-corrected chi connectivity index (χ0v) is 13.5. The number of methoxy groups -OCH3 is 1. The van der Waals surface area contributed by atoms with Crippen LogP contribution in [0.25, 0.3) is 0 Å². The van der Waals surface area contributed by atoms with Crippen LogP contribution in [0.15, 0.2) is 22.7 Å². The average Bonchev–Trinajstić information content (AvgIpc) is 2.46. The van der Waals surface area contributed by atoms with Gasteiger partial charge in [0.2, 0.25) is 5.91 Å². The van der Waals surface area contributed by atoms with E-state index in [2.05, 4.69) is 33.5 Å². The molecule has 0 spiro atoms. The fourth-order valence-corrected chi connectivity index (χ4v) is 3.02. The number of nitrogens with one attached hydrogen (secondary N) is 2. The van der Waals surface area contributed by atoms with Crippen LogP contribution in [-0.2, 0) is 4.79 Å². The van der Waals surface area contributed by atoms with Gasteiger partial charge in [-0.25, -0.2) is 0 Å². The first-order chi connectivity index (χ1) is 9.62. The van der Waals surface area contributed by atoms with E-state index in [1.54, 1.807) is 7.11 Å². The van der Waals surface area contributed by atoms with Gasteiger partial charge in [0.1, 0.15) is 5.75 Å². The third-order valence-electron chi connectivity index (χ3n) is 3.78. The highest BCUT2D eigenvalue weighted by molar-refractivity contribution is 9.10.